The van der Waals surface area contributed by atoms with Gasteiger partial charge in [-0.1, -0.05) is 6.92 Å². The van der Waals surface area contributed by atoms with Crippen molar-refractivity contribution in [3.8, 4) is 16.3 Å². The average Bonchev–Trinajstić information content (AvgIpc) is 2.83. The van der Waals surface area contributed by atoms with Crippen LogP contribution in [0, 0.1) is 0 Å². The smallest absolute Gasteiger partial charge is 0.387 e. The molecule has 0 atom stereocenters. The number of rotatable bonds is 5. The van der Waals surface area contributed by atoms with E-state index in [1.165, 1.54) is 12.1 Å². The first-order valence-electron chi connectivity index (χ1n) is 5.79. The van der Waals surface area contributed by atoms with Crippen molar-refractivity contribution in [2.75, 3.05) is 0 Å². The number of carbonyl (C=O) groups is 1. The van der Waals surface area contributed by atoms with Gasteiger partial charge in [0.05, 0.1) is 5.69 Å². The summed E-state index contributed by atoms with van der Waals surface area (Å²) in [6, 6.07) is 5.94. The lowest BCUT2D eigenvalue weighted by atomic mass is 10.2. The number of ether oxygens (including phenoxy) is 1. The molecule has 0 bridgehead atoms. The molecule has 2 aromatic rings. The number of hydrogen-bond donors (Lipinski definition) is 1. The normalized spacial score (nSPS) is 10.8. The van der Waals surface area contributed by atoms with Gasteiger partial charge < -0.3 is 9.84 Å². The number of aromatic nitrogens is 1. The Balaban J connectivity index is 2.29. The summed E-state index contributed by atoms with van der Waals surface area (Å²) < 4.78 is 28.3. The number of halogens is 2. The highest BCUT2D eigenvalue weighted by Crippen LogP contribution is 2.30. The fourth-order valence-electron chi connectivity index (χ4n) is 1.66. The Labute approximate surface area is 117 Å². The van der Waals surface area contributed by atoms with Crippen molar-refractivity contribution >= 4 is 17.3 Å². The lowest BCUT2D eigenvalue weighted by Gasteiger charge is -2.04. The largest absolute Gasteiger partial charge is 0.477 e. The third-order valence-corrected chi connectivity index (χ3v) is 3.69. The Morgan fingerprint density at radius 2 is 2.05 bits per heavy atom. The minimum atomic E-state index is -2.87. The van der Waals surface area contributed by atoms with Crippen molar-refractivity contribution in [2.24, 2.45) is 0 Å². The van der Waals surface area contributed by atoms with Gasteiger partial charge >= 0.3 is 12.6 Å². The summed E-state index contributed by atoms with van der Waals surface area (Å²) in [6.45, 7) is -1.05. The Morgan fingerprint density at radius 3 is 2.50 bits per heavy atom. The van der Waals surface area contributed by atoms with E-state index in [2.05, 4.69) is 9.72 Å². The molecule has 0 unspecified atom stereocenters. The van der Waals surface area contributed by atoms with Gasteiger partial charge in [0, 0.05) is 5.56 Å². The molecule has 0 fully saturated rings. The molecule has 2 rings (SSSR count). The molecule has 0 aliphatic heterocycles. The van der Waals surface area contributed by atoms with Crippen LogP contribution in [0.15, 0.2) is 24.3 Å². The number of thiazole rings is 1. The zero-order valence-corrected chi connectivity index (χ0v) is 11.3. The third-order valence-electron chi connectivity index (χ3n) is 2.55. The van der Waals surface area contributed by atoms with E-state index in [1.54, 1.807) is 12.1 Å². The molecule has 0 aliphatic rings. The number of carboxylic acids is 1. The maximum absolute atomic E-state index is 12.0. The molecule has 20 heavy (non-hydrogen) atoms. The molecule has 7 heteroatoms. The molecule has 1 aromatic carbocycles. The van der Waals surface area contributed by atoms with E-state index in [-0.39, 0.29) is 10.6 Å². The van der Waals surface area contributed by atoms with Crippen LogP contribution in [0.4, 0.5) is 8.78 Å². The molecule has 0 saturated heterocycles. The molecule has 0 saturated carbocycles. The number of nitrogens with zero attached hydrogens (tertiary/aromatic N) is 1. The van der Waals surface area contributed by atoms with Crippen LogP contribution in [0.3, 0.4) is 0 Å². The summed E-state index contributed by atoms with van der Waals surface area (Å²) in [5, 5.41) is 9.61. The Hall–Kier alpha value is -2.02. The summed E-state index contributed by atoms with van der Waals surface area (Å²) in [4.78, 5) is 15.5. The first kappa shape index (κ1) is 14.4. The molecule has 1 aromatic heterocycles. The van der Waals surface area contributed by atoms with Gasteiger partial charge in [-0.25, -0.2) is 9.78 Å². The number of aryl methyl sites for hydroxylation is 1. The van der Waals surface area contributed by atoms with E-state index >= 15 is 0 Å². The highest BCUT2D eigenvalue weighted by atomic mass is 32.1. The monoisotopic (exact) mass is 299 g/mol. The van der Waals surface area contributed by atoms with Crippen molar-refractivity contribution in [1.29, 1.82) is 0 Å². The minimum absolute atomic E-state index is 0.0504. The summed E-state index contributed by atoms with van der Waals surface area (Å²) in [6.07, 6.45) is 0.519. The van der Waals surface area contributed by atoms with Gasteiger partial charge in [0.15, 0.2) is 0 Å². The van der Waals surface area contributed by atoms with Crippen molar-refractivity contribution < 1.29 is 23.4 Å². The van der Waals surface area contributed by atoms with Crippen molar-refractivity contribution in [3.63, 3.8) is 0 Å². The van der Waals surface area contributed by atoms with Crippen molar-refractivity contribution in [2.45, 2.75) is 20.0 Å². The van der Waals surface area contributed by atoms with Crippen LogP contribution in [0.25, 0.3) is 10.6 Å². The fourth-order valence-corrected chi connectivity index (χ4v) is 2.66. The lowest BCUT2D eigenvalue weighted by Crippen LogP contribution is -2.01. The van der Waals surface area contributed by atoms with Gasteiger partial charge in [-0.15, -0.1) is 11.3 Å². The second-order valence-corrected chi connectivity index (χ2v) is 4.86. The molecule has 0 amide bonds. The predicted octanol–water partition coefficient (Wildman–Crippen LogP) is 3.67. The highest BCUT2D eigenvalue weighted by molar-refractivity contribution is 7.17. The fraction of sp³-hybridized carbons (Fsp3) is 0.231. The summed E-state index contributed by atoms with van der Waals surface area (Å²) >= 11 is 1.07. The molecule has 0 spiro atoms. The summed E-state index contributed by atoms with van der Waals surface area (Å²) in [5.74, 6) is -0.960. The number of alkyl halides is 2. The van der Waals surface area contributed by atoms with Crippen LogP contribution in [0.5, 0.6) is 5.75 Å². The molecule has 1 N–H and O–H groups in total. The van der Waals surface area contributed by atoms with E-state index in [1.807, 2.05) is 6.92 Å². The minimum Gasteiger partial charge on any atom is -0.477 e. The lowest BCUT2D eigenvalue weighted by molar-refractivity contribution is -0.0498. The Kier molecular flexibility index (Phi) is 4.29. The van der Waals surface area contributed by atoms with Gasteiger partial charge in [0.25, 0.3) is 0 Å². The van der Waals surface area contributed by atoms with Gasteiger partial charge in [-0.05, 0) is 30.7 Å². The van der Waals surface area contributed by atoms with E-state index in [4.69, 9.17) is 5.11 Å². The Bertz CT molecular complexity index is 611. The first-order chi connectivity index (χ1) is 9.51. The van der Waals surface area contributed by atoms with Crippen LogP contribution in [0.1, 0.15) is 22.3 Å². The SMILES string of the molecule is CCc1nc(-c2ccc(OC(F)F)cc2)sc1C(=O)O. The quantitative estimate of drug-likeness (QED) is 0.915. The molecule has 4 nitrogen and oxygen atoms in total. The van der Waals surface area contributed by atoms with Crippen LogP contribution < -0.4 is 4.74 Å². The van der Waals surface area contributed by atoms with E-state index < -0.39 is 12.6 Å². The molecule has 0 radical (unpaired) electrons. The second kappa shape index (κ2) is 5.96. The highest BCUT2D eigenvalue weighted by Gasteiger charge is 2.16. The topological polar surface area (TPSA) is 59.4 Å². The molecular formula is C13H11F2NO3S. The standard InChI is InChI=1S/C13H11F2NO3S/c1-2-9-10(12(17)18)20-11(16-9)7-3-5-8(6-4-7)19-13(14)15/h3-6,13H,2H2,1H3,(H,17,18). The van der Waals surface area contributed by atoms with E-state index in [9.17, 15) is 13.6 Å². The first-order valence-corrected chi connectivity index (χ1v) is 6.61. The number of aromatic carboxylic acids is 1. The van der Waals surface area contributed by atoms with Gasteiger partial charge in [0.1, 0.15) is 15.6 Å². The van der Waals surface area contributed by atoms with Crippen LogP contribution in [-0.4, -0.2) is 22.7 Å². The summed E-state index contributed by atoms with van der Waals surface area (Å²) in [7, 11) is 0. The molecular weight excluding hydrogens is 288 g/mol. The molecule has 0 aliphatic carbocycles. The van der Waals surface area contributed by atoms with Crippen LogP contribution >= 0.6 is 11.3 Å². The predicted molar refractivity (Wildman–Crippen MR) is 70.5 cm³/mol. The van der Waals surface area contributed by atoms with Gasteiger partial charge in [-0.3, -0.25) is 0 Å². The van der Waals surface area contributed by atoms with E-state index in [0.717, 1.165) is 11.3 Å². The van der Waals surface area contributed by atoms with Crippen molar-refractivity contribution in [3.05, 3.63) is 34.8 Å². The van der Waals surface area contributed by atoms with Crippen LogP contribution in [-0.2, 0) is 6.42 Å². The van der Waals surface area contributed by atoms with Gasteiger partial charge in [0.2, 0.25) is 0 Å². The maximum atomic E-state index is 12.0. The van der Waals surface area contributed by atoms with Crippen molar-refractivity contribution in [1.82, 2.24) is 4.98 Å². The third kappa shape index (κ3) is 3.11. The number of hydrogen-bond acceptors (Lipinski definition) is 4. The average molecular weight is 299 g/mol. The second-order valence-electron chi connectivity index (χ2n) is 3.86. The summed E-state index contributed by atoms with van der Waals surface area (Å²) in [5.41, 5.74) is 1.18. The molecule has 106 valence electrons. The molecule has 1 heterocycles. The van der Waals surface area contributed by atoms with Gasteiger partial charge in [-0.2, -0.15) is 8.78 Å². The van der Waals surface area contributed by atoms with Crippen LogP contribution in [0.2, 0.25) is 0 Å². The zero-order chi connectivity index (χ0) is 14.7. The maximum Gasteiger partial charge on any atom is 0.387 e. The zero-order valence-electron chi connectivity index (χ0n) is 10.5. The number of carboxylic acid groups (broad SMARTS) is 1. The Morgan fingerprint density at radius 1 is 1.40 bits per heavy atom. The van der Waals surface area contributed by atoms with E-state index in [0.29, 0.717) is 22.7 Å². The number of benzene rings is 1.